The maximum atomic E-state index is 12.2. The number of nitrogens with zero attached hydrogens (tertiary/aromatic N) is 1. The Morgan fingerprint density at radius 1 is 1.20 bits per heavy atom. The minimum atomic E-state index is -0.495. The van der Waals surface area contributed by atoms with E-state index in [9.17, 15) is 4.79 Å². The Morgan fingerprint density at radius 3 is 2.28 bits per heavy atom. The summed E-state index contributed by atoms with van der Waals surface area (Å²) in [5, 5.41) is 0. The van der Waals surface area contributed by atoms with E-state index in [-0.39, 0.29) is 24.4 Å². The molecule has 0 bridgehead atoms. The zero-order chi connectivity index (χ0) is 19.0. The molecule has 1 aliphatic heterocycles. The smallest absolute Gasteiger partial charge is 0.443 e. The van der Waals surface area contributed by atoms with Crippen molar-refractivity contribution < 1.29 is 18.8 Å². The summed E-state index contributed by atoms with van der Waals surface area (Å²) < 4.78 is 19.1. The van der Waals surface area contributed by atoms with Crippen LogP contribution in [0.25, 0.3) is 0 Å². The molecule has 1 saturated heterocycles. The van der Waals surface area contributed by atoms with Gasteiger partial charge in [0.15, 0.2) is 0 Å². The highest BCUT2D eigenvalue weighted by Crippen LogP contribution is 2.38. The molecule has 1 aliphatic rings. The fraction of sp³-hybridized carbons (Fsp3) is 0.737. The first-order valence-corrected chi connectivity index (χ1v) is 9.08. The van der Waals surface area contributed by atoms with E-state index in [4.69, 9.17) is 14.0 Å². The molecule has 0 amide bonds. The quantitative estimate of drug-likeness (QED) is 0.745. The summed E-state index contributed by atoms with van der Waals surface area (Å²) in [4.78, 5) is 12.2. The van der Waals surface area contributed by atoms with Crippen LogP contribution in [0.1, 0.15) is 66.1 Å². The molecule has 140 valence electrons. The molecule has 0 aliphatic carbocycles. The Bertz CT molecular complexity index is 612. The van der Waals surface area contributed by atoms with Crippen LogP contribution in [0.4, 0.5) is 4.79 Å². The van der Waals surface area contributed by atoms with Crippen molar-refractivity contribution >= 4 is 13.2 Å². The van der Waals surface area contributed by atoms with Gasteiger partial charge in [-0.3, -0.25) is 4.57 Å². The van der Waals surface area contributed by atoms with Crippen molar-refractivity contribution in [1.29, 1.82) is 0 Å². The number of hydrogen-bond acceptors (Lipinski definition) is 4. The zero-order valence-corrected chi connectivity index (χ0v) is 16.9. The lowest BCUT2D eigenvalue weighted by Crippen LogP contribution is -2.41. The number of rotatable bonds is 4. The van der Waals surface area contributed by atoms with E-state index in [1.165, 1.54) is 0 Å². The van der Waals surface area contributed by atoms with E-state index in [2.05, 4.69) is 27.7 Å². The molecule has 0 N–H and O–H groups in total. The fourth-order valence-corrected chi connectivity index (χ4v) is 2.87. The second-order valence-corrected chi connectivity index (χ2v) is 8.85. The van der Waals surface area contributed by atoms with Crippen LogP contribution in [-0.2, 0) is 20.5 Å². The summed E-state index contributed by atoms with van der Waals surface area (Å²) >= 11 is 0. The summed E-state index contributed by atoms with van der Waals surface area (Å²) in [6.07, 6.45) is 4.11. The minimum absolute atomic E-state index is 0.168. The number of aromatic nitrogens is 1. The molecule has 25 heavy (non-hydrogen) atoms. The summed E-state index contributed by atoms with van der Waals surface area (Å²) in [6.45, 7) is 15.8. The highest BCUT2D eigenvalue weighted by Gasteiger charge is 2.50. The Labute approximate surface area is 152 Å². The lowest BCUT2D eigenvalue weighted by Gasteiger charge is -2.32. The van der Waals surface area contributed by atoms with Gasteiger partial charge in [-0.1, -0.05) is 6.42 Å². The largest absolute Gasteiger partial charge is 0.457 e. The monoisotopic (exact) mass is 349 g/mol. The number of aryl methyl sites for hydroxylation is 1. The van der Waals surface area contributed by atoms with Crippen molar-refractivity contribution in [3.05, 3.63) is 23.5 Å². The van der Waals surface area contributed by atoms with Crippen molar-refractivity contribution in [2.45, 2.75) is 91.4 Å². The summed E-state index contributed by atoms with van der Waals surface area (Å²) in [5.41, 5.74) is 1.02. The van der Waals surface area contributed by atoms with Crippen LogP contribution < -0.4 is 0 Å². The van der Waals surface area contributed by atoms with Crippen LogP contribution in [0, 0.1) is 6.92 Å². The summed E-state index contributed by atoms with van der Waals surface area (Å²) in [5.74, 6) is 0. The molecular weight excluding hydrogens is 317 g/mol. The Kier molecular flexibility index (Phi) is 5.46. The lowest BCUT2D eigenvalue weighted by atomic mass is 9.82. The number of carbonyl (C=O) groups excluding carboxylic acids is 1. The van der Waals surface area contributed by atoms with E-state index >= 15 is 0 Å². The van der Waals surface area contributed by atoms with Crippen molar-refractivity contribution in [3.63, 3.8) is 0 Å². The molecule has 1 fully saturated rings. The van der Waals surface area contributed by atoms with Gasteiger partial charge in [-0.15, -0.1) is 0 Å². The molecule has 2 rings (SSSR count). The molecule has 0 aromatic carbocycles. The van der Waals surface area contributed by atoms with Gasteiger partial charge in [0.25, 0.3) is 0 Å². The van der Waals surface area contributed by atoms with Crippen LogP contribution in [0.15, 0.2) is 12.3 Å². The second kappa shape index (κ2) is 6.80. The number of carbonyl (C=O) groups is 1. The first-order chi connectivity index (χ1) is 11.3. The molecule has 0 spiro atoms. The predicted octanol–water partition coefficient (Wildman–Crippen LogP) is 4.60. The average Bonchev–Trinajstić information content (AvgIpc) is 2.86. The van der Waals surface area contributed by atoms with Crippen LogP contribution in [0.5, 0.6) is 0 Å². The standard InChI is InChI=1S/C19H32BNO4/c1-14-15(11-13-21(14)16(22)23-17(2,3)4)10-9-12-20-24-18(5,6)19(7,8)25-20/h11,13H,9-10,12H2,1-8H3. The average molecular weight is 349 g/mol. The third-order valence-corrected chi connectivity index (χ3v) is 5.03. The van der Waals surface area contributed by atoms with Crippen molar-refractivity contribution in [2.24, 2.45) is 0 Å². The molecule has 0 saturated carbocycles. The van der Waals surface area contributed by atoms with E-state index in [0.717, 1.165) is 30.4 Å². The van der Waals surface area contributed by atoms with Gasteiger partial charge in [0, 0.05) is 11.9 Å². The molecule has 0 radical (unpaired) electrons. The van der Waals surface area contributed by atoms with Crippen LogP contribution in [0.2, 0.25) is 6.32 Å². The zero-order valence-electron chi connectivity index (χ0n) is 16.9. The Balaban J connectivity index is 1.90. The first-order valence-electron chi connectivity index (χ1n) is 9.08. The Hall–Kier alpha value is -1.27. The highest BCUT2D eigenvalue weighted by atomic mass is 16.7. The molecule has 0 atom stereocenters. The molecule has 0 unspecified atom stereocenters. The molecule has 1 aromatic rings. The molecule has 6 heteroatoms. The minimum Gasteiger partial charge on any atom is -0.443 e. The van der Waals surface area contributed by atoms with Gasteiger partial charge in [-0.2, -0.15) is 0 Å². The van der Waals surface area contributed by atoms with Crippen molar-refractivity contribution in [2.75, 3.05) is 0 Å². The predicted molar refractivity (Wildman–Crippen MR) is 100 cm³/mol. The SMILES string of the molecule is Cc1c(CCCB2OC(C)(C)C(C)(C)O2)ccn1C(=O)OC(C)(C)C. The summed E-state index contributed by atoms with van der Waals surface area (Å²) in [6, 6.07) is 1.99. The van der Waals surface area contributed by atoms with Crippen molar-refractivity contribution in [1.82, 2.24) is 4.57 Å². The van der Waals surface area contributed by atoms with Gasteiger partial charge in [-0.25, -0.2) is 4.79 Å². The molecule has 2 heterocycles. The maximum Gasteiger partial charge on any atom is 0.457 e. The molecule has 5 nitrogen and oxygen atoms in total. The van der Waals surface area contributed by atoms with Crippen LogP contribution in [0.3, 0.4) is 0 Å². The number of ether oxygens (including phenoxy) is 1. The maximum absolute atomic E-state index is 12.2. The van der Waals surface area contributed by atoms with E-state index in [0.29, 0.717) is 0 Å². The van der Waals surface area contributed by atoms with Gasteiger partial charge >= 0.3 is 13.2 Å². The molecule has 1 aromatic heterocycles. The van der Waals surface area contributed by atoms with Crippen LogP contribution >= 0.6 is 0 Å². The van der Waals surface area contributed by atoms with Crippen molar-refractivity contribution in [3.8, 4) is 0 Å². The summed E-state index contributed by atoms with van der Waals surface area (Å²) in [7, 11) is -0.168. The Morgan fingerprint density at radius 2 is 1.76 bits per heavy atom. The van der Waals surface area contributed by atoms with E-state index in [1.807, 2.05) is 33.8 Å². The topological polar surface area (TPSA) is 49.7 Å². The third kappa shape index (κ3) is 4.67. The van der Waals surface area contributed by atoms with Crippen LogP contribution in [-0.4, -0.2) is 34.6 Å². The lowest BCUT2D eigenvalue weighted by molar-refractivity contribution is 0.00578. The third-order valence-electron chi connectivity index (χ3n) is 5.03. The fourth-order valence-electron chi connectivity index (χ4n) is 2.87. The van der Waals surface area contributed by atoms with Gasteiger partial charge in [0.1, 0.15) is 5.60 Å². The highest BCUT2D eigenvalue weighted by molar-refractivity contribution is 6.45. The first kappa shape index (κ1) is 20.1. The molecular formula is C19H32BNO4. The van der Waals surface area contributed by atoms with Gasteiger partial charge in [0.2, 0.25) is 0 Å². The van der Waals surface area contributed by atoms with Gasteiger partial charge < -0.3 is 14.0 Å². The van der Waals surface area contributed by atoms with Gasteiger partial charge in [0.05, 0.1) is 11.2 Å². The second-order valence-electron chi connectivity index (χ2n) is 8.85. The number of hydrogen-bond donors (Lipinski definition) is 0. The van der Waals surface area contributed by atoms with E-state index < -0.39 is 5.60 Å². The van der Waals surface area contributed by atoms with Gasteiger partial charge in [-0.05, 0) is 79.8 Å². The van der Waals surface area contributed by atoms with E-state index in [1.54, 1.807) is 10.8 Å². The normalized spacial score (nSPS) is 19.3.